The number of nitrogens with zero attached hydrogens (tertiary/aromatic N) is 3. The van der Waals surface area contributed by atoms with Crippen molar-refractivity contribution in [3.05, 3.63) is 41.5 Å². The van der Waals surface area contributed by atoms with Gasteiger partial charge in [0.15, 0.2) is 5.82 Å². The minimum atomic E-state index is 0.0934. The molecule has 0 aliphatic carbocycles. The lowest BCUT2D eigenvalue weighted by molar-refractivity contribution is 0.195. The minimum absolute atomic E-state index is 0.0934. The zero-order valence-electron chi connectivity index (χ0n) is 11.6. The number of aromatic nitrogens is 3. The predicted octanol–water partition coefficient (Wildman–Crippen LogP) is 1.75. The van der Waals surface area contributed by atoms with Gasteiger partial charge in [-0.1, -0.05) is 12.1 Å². The van der Waals surface area contributed by atoms with Crippen LogP contribution in [-0.2, 0) is 12.8 Å². The summed E-state index contributed by atoms with van der Waals surface area (Å²) >= 11 is 0. The van der Waals surface area contributed by atoms with Crippen molar-refractivity contribution in [2.24, 2.45) is 0 Å². The maximum Gasteiger partial charge on any atom is 0.155 e. The van der Waals surface area contributed by atoms with Gasteiger partial charge in [-0.15, -0.1) is 0 Å². The van der Waals surface area contributed by atoms with Crippen molar-refractivity contribution >= 4 is 0 Å². The SMILES string of the molecule is COc1ccc(Cc2nc3n(n2)C(CO)CCC3)cc1. The number of hydrogen-bond donors (Lipinski definition) is 1. The van der Waals surface area contributed by atoms with Crippen molar-refractivity contribution in [3.63, 3.8) is 0 Å². The summed E-state index contributed by atoms with van der Waals surface area (Å²) < 4.78 is 7.06. The van der Waals surface area contributed by atoms with E-state index in [0.717, 1.165) is 42.2 Å². The van der Waals surface area contributed by atoms with Gasteiger partial charge < -0.3 is 9.84 Å². The molecule has 0 radical (unpaired) electrons. The molecule has 5 heteroatoms. The molecule has 1 aromatic heterocycles. The van der Waals surface area contributed by atoms with E-state index in [1.165, 1.54) is 0 Å². The molecule has 1 aromatic carbocycles. The number of methoxy groups -OCH3 is 1. The average Bonchev–Trinajstić information content (AvgIpc) is 2.90. The van der Waals surface area contributed by atoms with Gasteiger partial charge in [0, 0.05) is 12.8 Å². The fourth-order valence-corrected chi connectivity index (χ4v) is 2.66. The summed E-state index contributed by atoms with van der Waals surface area (Å²) in [4.78, 5) is 4.60. The monoisotopic (exact) mass is 273 g/mol. The number of aliphatic hydroxyl groups is 1. The summed E-state index contributed by atoms with van der Waals surface area (Å²) in [5.74, 6) is 2.68. The molecule has 0 saturated carbocycles. The highest BCUT2D eigenvalue weighted by Crippen LogP contribution is 2.23. The molecule has 1 atom stereocenters. The maximum atomic E-state index is 9.39. The van der Waals surface area contributed by atoms with Crippen LogP contribution in [0.3, 0.4) is 0 Å². The second kappa shape index (κ2) is 5.63. The third kappa shape index (κ3) is 2.54. The molecule has 1 aliphatic rings. The highest BCUT2D eigenvalue weighted by molar-refractivity contribution is 5.28. The first-order valence-corrected chi connectivity index (χ1v) is 6.98. The maximum absolute atomic E-state index is 9.39. The van der Waals surface area contributed by atoms with Gasteiger partial charge in [0.1, 0.15) is 11.6 Å². The number of rotatable bonds is 4. The van der Waals surface area contributed by atoms with Crippen LogP contribution in [0.1, 0.15) is 36.1 Å². The Hall–Kier alpha value is -1.88. The first-order valence-electron chi connectivity index (χ1n) is 6.98. The Labute approximate surface area is 118 Å². The highest BCUT2D eigenvalue weighted by atomic mass is 16.5. The van der Waals surface area contributed by atoms with E-state index in [-0.39, 0.29) is 12.6 Å². The third-order valence-electron chi connectivity index (χ3n) is 3.76. The Morgan fingerprint density at radius 3 is 2.85 bits per heavy atom. The second-order valence-corrected chi connectivity index (χ2v) is 5.14. The largest absolute Gasteiger partial charge is 0.497 e. The number of fused-ring (bicyclic) bond motifs is 1. The summed E-state index contributed by atoms with van der Waals surface area (Å²) in [5, 5.41) is 13.9. The van der Waals surface area contributed by atoms with Crippen LogP contribution in [-0.4, -0.2) is 33.6 Å². The summed E-state index contributed by atoms with van der Waals surface area (Å²) in [5.41, 5.74) is 1.16. The Morgan fingerprint density at radius 2 is 2.15 bits per heavy atom. The molecule has 0 spiro atoms. The molecule has 0 fully saturated rings. The van der Waals surface area contributed by atoms with E-state index in [1.54, 1.807) is 7.11 Å². The first kappa shape index (κ1) is 13.1. The van der Waals surface area contributed by atoms with Gasteiger partial charge in [0.2, 0.25) is 0 Å². The van der Waals surface area contributed by atoms with Crippen molar-refractivity contribution < 1.29 is 9.84 Å². The van der Waals surface area contributed by atoms with Crippen LogP contribution in [0.4, 0.5) is 0 Å². The minimum Gasteiger partial charge on any atom is -0.497 e. The van der Waals surface area contributed by atoms with Gasteiger partial charge in [-0.3, -0.25) is 0 Å². The number of ether oxygens (including phenoxy) is 1. The van der Waals surface area contributed by atoms with Gasteiger partial charge in [0.05, 0.1) is 19.8 Å². The Balaban J connectivity index is 1.79. The molecule has 106 valence electrons. The zero-order valence-corrected chi connectivity index (χ0v) is 11.6. The summed E-state index contributed by atoms with van der Waals surface area (Å²) in [6, 6.07) is 8.05. The molecule has 2 heterocycles. The standard InChI is InChI=1S/C15H19N3O2/c1-20-13-7-5-11(6-8-13)9-14-16-15-4-2-3-12(10-19)18(15)17-14/h5-8,12,19H,2-4,9-10H2,1H3. The smallest absolute Gasteiger partial charge is 0.155 e. The molecule has 1 aliphatic heterocycles. The van der Waals surface area contributed by atoms with E-state index < -0.39 is 0 Å². The number of aliphatic hydroxyl groups excluding tert-OH is 1. The lowest BCUT2D eigenvalue weighted by atomic mass is 10.1. The molecular formula is C15H19N3O2. The topological polar surface area (TPSA) is 60.2 Å². The molecular weight excluding hydrogens is 254 g/mol. The number of benzene rings is 1. The molecule has 0 bridgehead atoms. The van der Waals surface area contributed by atoms with Gasteiger partial charge >= 0.3 is 0 Å². The molecule has 0 saturated heterocycles. The fraction of sp³-hybridized carbons (Fsp3) is 0.467. The Kier molecular flexibility index (Phi) is 3.69. The van der Waals surface area contributed by atoms with Crippen LogP contribution in [0.15, 0.2) is 24.3 Å². The summed E-state index contributed by atoms with van der Waals surface area (Å²) in [6.07, 6.45) is 3.72. The van der Waals surface area contributed by atoms with E-state index in [1.807, 2.05) is 28.9 Å². The normalized spacial score (nSPS) is 17.8. The molecule has 1 unspecified atom stereocenters. The Morgan fingerprint density at radius 1 is 1.35 bits per heavy atom. The van der Waals surface area contributed by atoms with E-state index in [0.29, 0.717) is 6.42 Å². The summed E-state index contributed by atoms with van der Waals surface area (Å²) in [7, 11) is 1.66. The van der Waals surface area contributed by atoms with Crippen LogP contribution >= 0.6 is 0 Å². The van der Waals surface area contributed by atoms with Crippen LogP contribution < -0.4 is 4.74 Å². The van der Waals surface area contributed by atoms with Gasteiger partial charge in [-0.05, 0) is 30.5 Å². The van der Waals surface area contributed by atoms with Crippen molar-refractivity contribution in [1.82, 2.24) is 14.8 Å². The predicted molar refractivity (Wildman–Crippen MR) is 74.9 cm³/mol. The van der Waals surface area contributed by atoms with Crippen LogP contribution in [0.5, 0.6) is 5.75 Å². The van der Waals surface area contributed by atoms with Crippen molar-refractivity contribution in [3.8, 4) is 5.75 Å². The lowest BCUT2D eigenvalue weighted by Gasteiger charge is -2.20. The number of hydrogen-bond acceptors (Lipinski definition) is 4. The van der Waals surface area contributed by atoms with E-state index >= 15 is 0 Å². The van der Waals surface area contributed by atoms with E-state index in [2.05, 4.69) is 10.1 Å². The highest BCUT2D eigenvalue weighted by Gasteiger charge is 2.22. The molecule has 20 heavy (non-hydrogen) atoms. The van der Waals surface area contributed by atoms with Crippen LogP contribution in [0.2, 0.25) is 0 Å². The zero-order chi connectivity index (χ0) is 13.9. The van der Waals surface area contributed by atoms with Crippen molar-refractivity contribution in [2.45, 2.75) is 31.7 Å². The van der Waals surface area contributed by atoms with Gasteiger partial charge in [-0.2, -0.15) is 5.10 Å². The Bertz CT molecular complexity index is 577. The first-order chi connectivity index (χ1) is 9.80. The molecule has 0 amide bonds. The van der Waals surface area contributed by atoms with E-state index in [4.69, 9.17) is 4.74 Å². The molecule has 5 nitrogen and oxygen atoms in total. The van der Waals surface area contributed by atoms with Crippen molar-refractivity contribution in [1.29, 1.82) is 0 Å². The summed E-state index contributed by atoms with van der Waals surface area (Å²) in [6.45, 7) is 0.137. The van der Waals surface area contributed by atoms with Crippen molar-refractivity contribution in [2.75, 3.05) is 13.7 Å². The van der Waals surface area contributed by atoms with Crippen LogP contribution in [0.25, 0.3) is 0 Å². The van der Waals surface area contributed by atoms with Gasteiger partial charge in [-0.25, -0.2) is 9.67 Å². The molecule has 3 rings (SSSR count). The van der Waals surface area contributed by atoms with Crippen LogP contribution in [0, 0.1) is 0 Å². The molecule has 2 aromatic rings. The average molecular weight is 273 g/mol. The third-order valence-corrected chi connectivity index (χ3v) is 3.76. The lowest BCUT2D eigenvalue weighted by Crippen LogP contribution is -2.22. The fourth-order valence-electron chi connectivity index (χ4n) is 2.66. The van der Waals surface area contributed by atoms with Gasteiger partial charge in [0.25, 0.3) is 0 Å². The number of aryl methyl sites for hydroxylation is 1. The quantitative estimate of drug-likeness (QED) is 0.922. The van der Waals surface area contributed by atoms with E-state index in [9.17, 15) is 5.11 Å². The second-order valence-electron chi connectivity index (χ2n) is 5.14. The molecule has 1 N–H and O–H groups in total.